The van der Waals surface area contributed by atoms with Gasteiger partial charge in [-0.25, -0.2) is 0 Å². The van der Waals surface area contributed by atoms with Crippen molar-refractivity contribution in [2.45, 2.75) is 3.54 Å². The highest BCUT2D eigenvalue weighted by molar-refractivity contribution is 8.20. The summed E-state index contributed by atoms with van der Waals surface area (Å²) >= 11 is 0. The van der Waals surface area contributed by atoms with Crippen LogP contribution >= 0.6 is 0 Å². The second kappa shape index (κ2) is 3.09. The molecule has 0 unspecified atom stereocenters. The first-order valence-corrected chi connectivity index (χ1v) is 6.77. The molecule has 13 heteroatoms. The molecule has 14 heavy (non-hydrogen) atoms. The van der Waals surface area contributed by atoms with E-state index in [1.807, 2.05) is 0 Å². The highest BCUT2D eigenvalue weighted by Gasteiger charge is 2.62. The van der Waals surface area contributed by atoms with E-state index >= 15 is 0 Å². The topological polar surface area (TPSA) is 189 Å². The molecule has 0 heterocycles. The maximum Gasteiger partial charge on any atom is 0.395 e. The van der Waals surface area contributed by atoms with Gasteiger partial charge in [0, 0.05) is 0 Å². The van der Waals surface area contributed by atoms with Gasteiger partial charge >= 0.3 is 33.9 Å². The lowest BCUT2D eigenvalue weighted by atomic mass is 11.5. The molecule has 0 amide bonds. The van der Waals surface area contributed by atoms with Crippen molar-refractivity contribution in [3.8, 4) is 0 Å². The Kier molecular flexibility index (Phi) is 3.02. The molecule has 0 spiro atoms. The SMILES string of the molecule is NC(S(=O)(=O)O)(S(=O)(=O)O)S(=O)(=O)O. The highest BCUT2D eigenvalue weighted by Crippen LogP contribution is 2.22. The molecular weight excluding hydrogens is 266 g/mol. The van der Waals surface area contributed by atoms with Crippen LogP contribution in [0.2, 0.25) is 0 Å². The van der Waals surface area contributed by atoms with Gasteiger partial charge in [-0.15, -0.1) is 0 Å². The Bertz CT molecular complexity index is 440. The number of rotatable bonds is 3. The van der Waals surface area contributed by atoms with Crippen LogP contribution in [0.15, 0.2) is 0 Å². The molecule has 0 fully saturated rings. The first-order chi connectivity index (χ1) is 5.75. The summed E-state index contributed by atoms with van der Waals surface area (Å²) in [5.41, 5.74) is 4.22. The van der Waals surface area contributed by atoms with Crippen LogP contribution in [0.5, 0.6) is 0 Å². The van der Waals surface area contributed by atoms with Crippen LogP contribution in [-0.2, 0) is 30.4 Å². The Hall–Kier alpha value is -0.310. The van der Waals surface area contributed by atoms with Crippen LogP contribution in [0, 0.1) is 0 Å². The number of hydrogen-bond acceptors (Lipinski definition) is 7. The van der Waals surface area contributed by atoms with Crippen molar-refractivity contribution in [2.24, 2.45) is 5.73 Å². The fourth-order valence-electron chi connectivity index (χ4n) is 0.399. The quantitative estimate of drug-likeness (QED) is 0.390. The summed E-state index contributed by atoms with van der Waals surface area (Å²) in [6.07, 6.45) is 0. The molecule has 0 saturated carbocycles. The number of nitrogens with two attached hydrogens (primary N) is 1. The Morgan fingerprint density at radius 3 is 0.857 bits per heavy atom. The van der Waals surface area contributed by atoms with E-state index < -0.39 is 33.9 Å². The lowest BCUT2D eigenvalue weighted by Crippen LogP contribution is -2.59. The second-order valence-electron chi connectivity index (χ2n) is 2.03. The lowest BCUT2D eigenvalue weighted by molar-refractivity contribution is 0.424. The van der Waals surface area contributed by atoms with Gasteiger partial charge in [0.2, 0.25) is 0 Å². The summed E-state index contributed by atoms with van der Waals surface area (Å²) in [4.78, 5) is 0. The van der Waals surface area contributed by atoms with Crippen LogP contribution in [-0.4, -0.2) is 42.4 Å². The zero-order valence-corrected chi connectivity index (χ0v) is 8.54. The van der Waals surface area contributed by atoms with Gasteiger partial charge in [-0.1, -0.05) is 0 Å². The van der Waals surface area contributed by atoms with Gasteiger partial charge in [-0.2, -0.15) is 25.3 Å². The lowest BCUT2D eigenvalue weighted by Gasteiger charge is -2.18. The summed E-state index contributed by atoms with van der Waals surface area (Å²) in [6, 6.07) is 0. The van der Waals surface area contributed by atoms with Gasteiger partial charge in [-0.05, 0) is 0 Å². The third kappa shape index (κ3) is 1.88. The maximum atomic E-state index is 10.3. The minimum atomic E-state index is -5.98. The molecule has 0 aromatic rings. The van der Waals surface area contributed by atoms with Crippen LogP contribution < -0.4 is 5.73 Å². The van der Waals surface area contributed by atoms with Crippen LogP contribution in [0.4, 0.5) is 0 Å². The maximum absolute atomic E-state index is 10.3. The van der Waals surface area contributed by atoms with Gasteiger partial charge in [0.25, 0.3) is 0 Å². The molecule has 0 aromatic heterocycles. The average molecular weight is 271 g/mol. The van der Waals surface area contributed by atoms with Gasteiger partial charge in [-0.3, -0.25) is 19.4 Å². The van der Waals surface area contributed by atoms with Crippen molar-refractivity contribution >= 4 is 30.4 Å². The van der Waals surface area contributed by atoms with Crippen LogP contribution in [0.25, 0.3) is 0 Å². The summed E-state index contributed by atoms with van der Waals surface area (Å²) in [5.74, 6) is 0. The molecule has 0 atom stereocenters. The first-order valence-electron chi connectivity index (χ1n) is 2.45. The molecule has 0 aliphatic heterocycles. The van der Waals surface area contributed by atoms with E-state index in [1.54, 1.807) is 0 Å². The molecule has 0 bridgehead atoms. The van der Waals surface area contributed by atoms with Crippen LogP contribution in [0.3, 0.4) is 0 Å². The molecule has 0 aliphatic rings. The minimum absolute atomic E-state index is 4.22. The predicted octanol–water partition coefficient (Wildman–Crippen LogP) is -2.78. The Morgan fingerprint density at radius 2 is 0.857 bits per heavy atom. The Labute approximate surface area is 79.0 Å². The molecule has 0 saturated heterocycles. The van der Waals surface area contributed by atoms with Gasteiger partial charge in [0.1, 0.15) is 0 Å². The van der Waals surface area contributed by atoms with Crippen molar-refractivity contribution in [3.05, 3.63) is 0 Å². The van der Waals surface area contributed by atoms with Gasteiger partial charge < -0.3 is 0 Å². The Morgan fingerprint density at radius 1 is 0.714 bits per heavy atom. The third-order valence-electron chi connectivity index (χ3n) is 1.08. The van der Waals surface area contributed by atoms with E-state index in [0.717, 1.165) is 0 Å². The van der Waals surface area contributed by atoms with Gasteiger partial charge in [0.15, 0.2) is 0 Å². The summed E-state index contributed by atoms with van der Waals surface area (Å²) in [7, 11) is -17.9. The van der Waals surface area contributed by atoms with E-state index in [2.05, 4.69) is 5.73 Å². The van der Waals surface area contributed by atoms with Crippen molar-refractivity contribution in [2.75, 3.05) is 0 Å². The third-order valence-corrected chi connectivity index (χ3v) is 7.03. The summed E-state index contributed by atoms with van der Waals surface area (Å²) in [6.45, 7) is 0. The van der Waals surface area contributed by atoms with E-state index in [4.69, 9.17) is 13.7 Å². The zero-order chi connectivity index (χ0) is 12.0. The molecule has 0 radical (unpaired) electrons. The highest BCUT2D eigenvalue weighted by atomic mass is 32.3. The molecule has 10 nitrogen and oxygen atoms in total. The normalized spacial score (nSPS) is 15.4. The molecule has 5 N–H and O–H groups in total. The van der Waals surface area contributed by atoms with Gasteiger partial charge in [0.05, 0.1) is 0 Å². The molecule has 0 rings (SSSR count). The largest absolute Gasteiger partial charge is 0.395 e. The summed E-state index contributed by atoms with van der Waals surface area (Å²) < 4.78 is 81.7. The van der Waals surface area contributed by atoms with Crippen molar-refractivity contribution in [1.29, 1.82) is 0 Å². The van der Waals surface area contributed by atoms with Crippen molar-refractivity contribution < 1.29 is 38.9 Å². The number of hydrogen-bond donors (Lipinski definition) is 4. The molecular formula is CH5NO9S3. The molecule has 0 aliphatic carbocycles. The zero-order valence-electron chi connectivity index (χ0n) is 6.09. The van der Waals surface area contributed by atoms with E-state index in [9.17, 15) is 25.3 Å². The second-order valence-corrected chi connectivity index (χ2v) is 7.59. The fraction of sp³-hybridized carbons (Fsp3) is 1.00. The van der Waals surface area contributed by atoms with Crippen LogP contribution in [0.1, 0.15) is 0 Å². The van der Waals surface area contributed by atoms with E-state index in [0.29, 0.717) is 0 Å². The predicted molar refractivity (Wildman–Crippen MR) is 41.6 cm³/mol. The van der Waals surface area contributed by atoms with E-state index in [1.165, 1.54) is 0 Å². The minimum Gasteiger partial charge on any atom is -0.282 e. The molecule has 0 aromatic carbocycles. The molecule has 86 valence electrons. The smallest absolute Gasteiger partial charge is 0.282 e. The first kappa shape index (κ1) is 13.7. The van der Waals surface area contributed by atoms with Crippen molar-refractivity contribution in [1.82, 2.24) is 0 Å². The van der Waals surface area contributed by atoms with E-state index in [-0.39, 0.29) is 0 Å². The summed E-state index contributed by atoms with van der Waals surface area (Å²) in [5, 5.41) is 0. The Balaban J connectivity index is 6.41. The fourth-order valence-corrected chi connectivity index (χ4v) is 3.59. The monoisotopic (exact) mass is 271 g/mol. The van der Waals surface area contributed by atoms with Crippen molar-refractivity contribution in [3.63, 3.8) is 0 Å². The standard InChI is InChI=1S/CH5NO9S3/c2-1(12(3,4)5,13(6,7)8)14(9,10)11/h2H2,(H,3,4,5)(H,6,7,8)(H,9,10,11). The average Bonchev–Trinajstić information content (AvgIpc) is 1.77.